The number of carbonyl (C=O) groups excluding carboxylic acids is 1. The van der Waals surface area contributed by atoms with Crippen molar-refractivity contribution in [1.82, 2.24) is 24.6 Å². The fraction of sp³-hybridized carbons (Fsp3) is 0.824. The molecule has 1 amide bonds. The van der Waals surface area contributed by atoms with Crippen molar-refractivity contribution in [2.45, 2.75) is 70.5 Å². The molecule has 1 aromatic rings. The van der Waals surface area contributed by atoms with E-state index in [1.807, 2.05) is 4.90 Å². The molecule has 0 aromatic carbocycles. The van der Waals surface area contributed by atoms with Crippen LogP contribution in [0.3, 0.4) is 0 Å². The number of hydrogen-bond donors (Lipinski definition) is 0. The molecule has 1 aromatic heterocycles. The van der Waals surface area contributed by atoms with Crippen molar-refractivity contribution in [3.8, 4) is 0 Å². The first-order valence-corrected chi connectivity index (χ1v) is 9.17. The van der Waals surface area contributed by atoms with E-state index in [0.29, 0.717) is 6.04 Å². The van der Waals surface area contributed by atoms with Crippen molar-refractivity contribution in [3.63, 3.8) is 0 Å². The zero-order valence-electron chi connectivity index (χ0n) is 14.1. The van der Waals surface area contributed by atoms with E-state index in [0.717, 1.165) is 43.7 Å². The number of nitrogens with zero attached hydrogens (tertiary/aromatic N) is 5. The van der Waals surface area contributed by atoms with Gasteiger partial charge in [0.05, 0.1) is 6.04 Å². The number of carbonyl (C=O) groups is 1. The molecule has 1 aliphatic carbocycles. The Bertz CT molecular complexity index is 578. The lowest BCUT2D eigenvalue weighted by Gasteiger charge is -2.30. The summed E-state index contributed by atoms with van der Waals surface area (Å²) in [6.07, 6.45) is 8.72. The molecule has 0 N–H and O–H groups in total. The Balaban J connectivity index is 1.56. The minimum absolute atomic E-state index is 0.165. The Kier molecular flexibility index (Phi) is 4.09. The van der Waals surface area contributed by atoms with Gasteiger partial charge in [0.1, 0.15) is 11.6 Å². The number of fused-ring (bicyclic) bond motifs is 1. The van der Waals surface area contributed by atoms with Crippen LogP contribution in [0.1, 0.15) is 63.1 Å². The van der Waals surface area contributed by atoms with Gasteiger partial charge in [0, 0.05) is 39.0 Å². The van der Waals surface area contributed by atoms with Crippen LogP contribution < -0.4 is 0 Å². The van der Waals surface area contributed by atoms with Gasteiger partial charge < -0.3 is 9.47 Å². The molecule has 4 rings (SSSR count). The summed E-state index contributed by atoms with van der Waals surface area (Å²) in [5.74, 6) is 2.37. The highest BCUT2D eigenvalue weighted by Crippen LogP contribution is 2.37. The highest BCUT2D eigenvalue weighted by molar-refractivity contribution is 5.73. The molecule has 1 saturated carbocycles. The second-order valence-corrected chi connectivity index (χ2v) is 7.22. The number of rotatable bonds is 2. The molecule has 0 bridgehead atoms. The molecule has 2 aliphatic heterocycles. The van der Waals surface area contributed by atoms with E-state index in [9.17, 15) is 4.79 Å². The summed E-state index contributed by atoms with van der Waals surface area (Å²) in [4.78, 5) is 16.3. The first-order valence-electron chi connectivity index (χ1n) is 9.17. The largest absolute Gasteiger partial charge is 0.341 e. The SMILES string of the molecule is CC(=O)N1CCc2nnc(C3CCCN3C3CCCC3)n2CC1. The molecule has 1 unspecified atom stereocenters. The van der Waals surface area contributed by atoms with Gasteiger partial charge in [-0.3, -0.25) is 9.69 Å². The Labute approximate surface area is 137 Å². The predicted octanol–water partition coefficient (Wildman–Crippen LogP) is 1.76. The third-order valence-corrected chi connectivity index (χ3v) is 5.89. The van der Waals surface area contributed by atoms with Crippen molar-refractivity contribution in [1.29, 1.82) is 0 Å². The normalized spacial score (nSPS) is 26.5. The highest BCUT2D eigenvalue weighted by Gasteiger charge is 2.36. The summed E-state index contributed by atoms with van der Waals surface area (Å²) < 4.78 is 2.31. The summed E-state index contributed by atoms with van der Waals surface area (Å²) in [5.41, 5.74) is 0. The van der Waals surface area contributed by atoms with Gasteiger partial charge in [0.25, 0.3) is 0 Å². The van der Waals surface area contributed by atoms with E-state index in [-0.39, 0.29) is 5.91 Å². The van der Waals surface area contributed by atoms with Gasteiger partial charge in [0.15, 0.2) is 0 Å². The first kappa shape index (κ1) is 15.1. The third kappa shape index (κ3) is 2.77. The van der Waals surface area contributed by atoms with E-state index >= 15 is 0 Å². The number of aromatic nitrogens is 3. The van der Waals surface area contributed by atoms with Crippen molar-refractivity contribution in [3.05, 3.63) is 11.6 Å². The minimum Gasteiger partial charge on any atom is -0.341 e. The van der Waals surface area contributed by atoms with Gasteiger partial charge in [-0.15, -0.1) is 10.2 Å². The van der Waals surface area contributed by atoms with Crippen molar-refractivity contribution in [2.24, 2.45) is 0 Å². The van der Waals surface area contributed by atoms with Gasteiger partial charge in [-0.25, -0.2) is 0 Å². The van der Waals surface area contributed by atoms with Crippen LogP contribution in [0.25, 0.3) is 0 Å². The molecule has 0 spiro atoms. The maximum absolute atomic E-state index is 11.7. The lowest BCUT2D eigenvalue weighted by Crippen LogP contribution is -2.34. The number of likely N-dealkylation sites (tertiary alicyclic amines) is 1. The Morgan fingerprint density at radius 3 is 2.61 bits per heavy atom. The van der Waals surface area contributed by atoms with Crippen LogP contribution in [0.2, 0.25) is 0 Å². The fourth-order valence-electron chi connectivity index (χ4n) is 4.65. The minimum atomic E-state index is 0.165. The number of amides is 1. The Morgan fingerprint density at radius 2 is 1.83 bits per heavy atom. The molecular weight excluding hydrogens is 290 g/mol. The second-order valence-electron chi connectivity index (χ2n) is 7.22. The lowest BCUT2D eigenvalue weighted by atomic mass is 10.1. The van der Waals surface area contributed by atoms with Crippen molar-refractivity contribution >= 4 is 5.91 Å². The molecular formula is C17H27N5O. The third-order valence-electron chi connectivity index (χ3n) is 5.89. The molecule has 0 radical (unpaired) electrons. The van der Waals surface area contributed by atoms with Crippen molar-refractivity contribution in [2.75, 3.05) is 19.6 Å². The topological polar surface area (TPSA) is 54.3 Å². The van der Waals surface area contributed by atoms with E-state index in [1.165, 1.54) is 45.1 Å². The summed E-state index contributed by atoms with van der Waals surface area (Å²) in [6.45, 7) is 5.25. The van der Waals surface area contributed by atoms with Crippen LogP contribution >= 0.6 is 0 Å². The van der Waals surface area contributed by atoms with E-state index in [2.05, 4.69) is 19.7 Å². The molecule has 6 heteroatoms. The average molecular weight is 317 g/mol. The van der Waals surface area contributed by atoms with Gasteiger partial charge in [-0.05, 0) is 32.2 Å². The van der Waals surface area contributed by atoms with E-state index in [1.54, 1.807) is 6.92 Å². The molecule has 23 heavy (non-hydrogen) atoms. The molecule has 2 fully saturated rings. The van der Waals surface area contributed by atoms with Gasteiger partial charge in [0.2, 0.25) is 5.91 Å². The standard InChI is InChI=1S/C17H27N5O/c1-13(23)20-10-8-16-18-19-17(22(16)12-11-20)15-7-4-9-21(15)14-5-2-3-6-14/h14-15H,2-12H2,1H3. The van der Waals surface area contributed by atoms with Crippen LogP contribution in [-0.2, 0) is 17.8 Å². The van der Waals surface area contributed by atoms with Crippen LogP contribution in [0, 0.1) is 0 Å². The fourth-order valence-corrected chi connectivity index (χ4v) is 4.65. The van der Waals surface area contributed by atoms with Gasteiger partial charge >= 0.3 is 0 Å². The van der Waals surface area contributed by atoms with Crippen molar-refractivity contribution < 1.29 is 4.79 Å². The van der Waals surface area contributed by atoms with E-state index < -0.39 is 0 Å². The molecule has 6 nitrogen and oxygen atoms in total. The lowest BCUT2D eigenvalue weighted by molar-refractivity contribution is -0.128. The Morgan fingerprint density at radius 1 is 1.00 bits per heavy atom. The molecule has 3 aliphatic rings. The summed E-state index contributed by atoms with van der Waals surface area (Å²) >= 11 is 0. The van der Waals surface area contributed by atoms with Gasteiger partial charge in [-0.1, -0.05) is 12.8 Å². The monoisotopic (exact) mass is 317 g/mol. The zero-order valence-corrected chi connectivity index (χ0v) is 14.1. The maximum atomic E-state index is 11.7. The smallest absolute Gasteiger partial charge is 0.219 e. The first-order chi connectivity index (χ1) is 11.2. The predicted molar refractivity (Wildman–Crippen MR) is 86.9 cm³/mol. The quantitative estimate of drug-likeness (QED) is 0.834. The van der Waals surface area contributed by atoms with E-state index in [4.69, 9.17) is 0 Å². The van der Waals surface area contributed by atoms with Gasteiger partial charge in [-0.2, -0.15) is 0 Å². The molecule has 1 atom stereocenters. The van der Waals surface area contributed by atoms with Crippen LogP contribution in [0.4, 0.5) is 0 Å². The van der Waals surface area contributed by atoms with Crippen LogP contribution in [-0.4, -0.2) is 56.1 Å². The molecule has 126 valence electrons. The van der Waals surface area contributed by atoms with Crippen LogP contribution in [0.15, 0.2) is 0 Å². The summed E-state index contributed by atoms with van der Waals surface area (Å²) in [6, 6.07) is 1.18. The zero-order chi connectivity index (χ0) is 15.8. The summed E-state index contributed by atoms with van der Waals surface area (Å²) in [7, 11) is 0. The number of hydrogen-bond acceptors (Lipinski definition) is 4. The highest BCUT2D eigenvalue weighted by atomic mass is 16.2. The molecule has 1 saturated heterocycles. The maximum Gasteiger partial charge on any atom is 0.219 e. The van der Waals surface area contributed by atoms with Crippen LogP contribution in [0.5, 0.6) is 0 Å². The average Bonchev–Trinajstić information content (AvgIpc) is 3.24. The molecule has 3 heterocycles. The summed E-state index contributed by atoms with van der Waals surface area (Å²) in [5, 5.41) is 9.05. The Hall–Kier alpha value is -1.43. The second kappa shape index (κ2) is 6.23.